The number of hydrogen-bond acceptors (Lipinski definition) is 2. The van der Waals surface area contributed by atoms with E-state index in [2.05, 4.69) is 4.98 Å². The van der Waals surface area contributed by atoms with Gasteiger partial charge in [-0.1, -0.05) is 18.0 Å². The third kappa shape index (κ3) is 1.41. The van der Waals surface area contributed by atoms with Gasteiger partial charge < -0.3 is 4.57 Å². The number of nitrogens with zero attached hydrogens (tertiary/aromatic N) is 2. The van der Waals surface area contributed by atoms with E-state index in [0.717, 1.165) is 16.7 Å². The highest BCUT2D eigenvalue weighted by Gasteiger charge is 2.29. The smallest absolute Gasteiger partial charge is 0.142 e. The van der Waals surface area contributed by atoms with Gasteiger partial charge in [-0.2, -0.15) is 0 Å². The fourth-order valence-corrected chi connectivity index (χ4v) is 2.68. The van der Waals surface area contributed by atoms with Crippen molar-refractivity contribution in [3.05, 3.63) is 16.7 Å². The topological polar surface area (TPSA) is 34.9 Å². The van der Waals surface area contributed by atoms with E-state index in [1.54, 1.807) is 0 Å². The first-order valence-corrected chi connectivity index (χ1v) is 5.90. The molecule has 0 spiro atoms. The average Bonchev–Trinajstić information content (AvgIpc) is 2.41. The Kier molecular flexibility index (Phi) is 2.09. The highest BCUT2D eigenvalue weighted by molar-refractivity contribution is 6.30. The second-order valence-corrected chi connectivity index (χ2v) is 4.81. The standard InChI is InChI=1S/C11H13ClN2O/c12-11-10(7-2-1-3-7)13-9-6-8(15)4-5-14(9)11/h7H,1-6H2. The van der Waals surface area contributed by atoms with Crippen LogP contribution in [-0.2, 0) is 17.8 Å². The van der Waals surface area contributed by atoms with Crippen molar-refractivity contribution >= 4 is 17.4 Å². The number of hydrogen-bond donors (Lipinski definition) is 0. The van der Waals surface area contributed by atoms with E-state index in [1.807, 2.05) is 4.57 Å². The van der Waals surface area contributed by atoms with Crippen LogP contribution in [0.4, 0.5) is 0 Å². The molecule has 2 heterocycles. The van der Waals surface area contributed by atoms with E-state index < -0.39 is 0 Å². The quantitative estimate of drug-likeness (QED) is 0.734. The third-order valence-corrected chi connectivity index (χ3v) is 3.87. The minimum absolute atomic E-state index is 0.282. The molecule has 2 aliphatic rings. The molecule has 1 saturated carbocycles. The van der Waals surface area contributed by atoms with Gasteiger partial charge in [0.1, 0.15) is 16.8 Å². The van der Waals surface area contributed by atoms with Crippen LogP contribution in [0.3, 0.4) is 0 Å². The van der Waals surface area contributed by atoms with Gasteiger partial charge in [-0.25, -0.2) is 4.98 Å². The van der Waals surface area contributed by atoms with Crippen LogP contribution < -0.4 is 0 Å². The molecule has 4 heteroatoms. The maximum Gasteiger partial charge on any atom is 0.142 e. The van der Waals surface area contributed by atoms with Crippen LogP contribution in [0.1, 0.15) is 43.1 Å². The number of aromatic nitrogens is 2. The Bertz CT molecular complexity index is 420. The summed E-state index contributed by atoms with van der Waals surface area (Å²) in [5.41, 5.74) is 1.03. The van der Waals surface area contributed by atoms with Gasteiger partial charge in [0.15, 0.2) is 0 Å². The number of fused-ring (bicyclic) bond motifs is 1. The summed E-state index contributed by atoms with van der Waals surface area (Å²) in [4.78, 5) is 15.8. The van der Waals surface area contributed by atoms with E-state index in [1.165, 1.54) is 19.3 Å². The normalized spacial score (nSPS) is 21.3. The Labute approximate surface area is 93.4 Å². The lowest BCUT2D eigenvalue weighted by Crippen LogP contribution is -2.18. The molecule has 0 radical (unpaired) electrons. The van der Waals surface area contributed by atoms with Crippen molar-refractivity contribution in [2.45, 2.75) is 44.6 Å². The molecule has 1 aromatic rings. The number of Topliss-reactive ketones (excluding diaryl/α,β-unsaturated/α-hetero) is 1. The minimum Gasteiger partial charge on any atom is -0.318 e. The molecule has 0 N–H and O–H groups in total. The van der Waals surface area contributed by atoms with E-state index in [0.29, 0.717) is 25.3 Å². The van der Waals surface area contributed by atoms with Crippen LogP contribution in [0.15, 0.2) is 0 Å². The van der Waals surface area contributed by atoms with Gasteiger partial charge >= 0.3 is 0 Å². The largest absolute Gasteiger partial charge is 0.318 e. The number of imidazole rings is 1. The lowest BCUT2D eigenvalue weighted by Gasteiger charge is -2.23. The summed E-state index contributed by atoms with van der Waals surface area (Å²) in [5.74, 6) is 1.70. The molecule has 0 atom stereocenters. The zero-order valence-corrected chi connectivity index (χ0v) is 9.26. The van der Waals surface area contributed by atoms with Crippen LogP contribution in [0.2, 0.25) is 5.15 Å². The molecule has 0 saturated heterocycles. The number of carbonyl (C=O) groups excluding carboxylic acids is 1. The van der Waals surface area contributed by atoms with Crippen molar-refractivity contribution in [1.29, 1.82) is 0 Å². The number of ketones is 1. The predicted octanol–water partition coefficient (Wildman–Crippen LogP) is 2.32. The zero-order chi connectivity index (χ0) is 10.4. The van der Waals surface area contributed by atoms with Gasteiger partial charge in [0.2, 0.25) is 0 Å². The molecule has 0 unspecified atom stereocenters. The molecule has 0 amide bonds. The van der Waals surface area contributed by atoms with Gasteiger partial charge in [0.25, 0.3) is 0 Å². The highest BCUT2D eigenvalue weighted by atomic mass is 35.5. The van der Waals surface area contributed by atoms with Crippen LogP contribution in [0, 0.1) is 0 Å². The van der Waals surface area contributed by atoms with Crippen LogP contribution in [0.25, 0.3) is 0 Å². The fraction of sp³-hybridized carbons (Fsp3) is 0.636. The van der Waals surface area contributed by atoms with Crippen LogP contribution in [0.5, 0.6) is 0 Å². The van der Waals surface area contributed by atoms with Crippen molar-refractivity contribution < 1.29 is 4.79 Å². The van der Waals surface area contributed by atoms with E-state index in [9.17, 15) is 4.79 Å². The van der Waals surface area contributed by atoms with Gasteiger partial charge in [0.05, 0.1) is 12.1 Å². The lowest BCUT2D eigenvalue weighted by atomic mass is 9.83. The van der Waals surface area contributed by atoms with Crippen molar-refractivity contribution in [2.75, 3.05) is 0 Å². The molecule has 1 aliphatic carbocycles. The van der Waals surface area contributed by atoms with E-state index in [4.69, 9.17) is 11.6 Å². The molecule has 0 aromatic carbocycles. The first-order chi connectivity index (χ1) is 7.25. The van der Waals surface area contributed by atoms with Crippen LogP contribution in [-0.4, -0.2) is 15.3 Å². The summed E-state index contributed by atoms with van der Waals surface area (Å²) >= 11 is 6.29. The van der Waals surface area contributed by atoms with Gasteiger partial charge in [-0.05, 0) is 12.8 Å². The third-order valence-electron chi connectivity index (χ3n) is 3.47. The van der Waals surface area contributed by atoms with Crippen molar-refractivity contribution in [3.8, 4) is 0 Å². The molecule has 80 valence electrons. The minimum atomic E-state index is 0.282. The van der Waals surface area contributed by atoms with E-state index >= 15 is 0 Å². The number of rotatable bonds is 1. The van der Waals surface area contributed by atoms with Crippen molar-refractivity contribution in [1.82, 2.24) is 9.55 Å². The van der Waals surface area contributed by atoms with Crippen molar-refractivity contribution in [2.24, 2.45) is 0 Å². The fourth-order valence-electron chi connectivity index (χ4n) is 2.30. The van der Waals surface area contributed by atoms with Crippen molar-refractivity contribution in [3.63, 3.8) is 0 Å². The Morgan fingerprint density at radius 1 is 1.40 bits per heavy atom. The second kappa shape index (κ2) is 3.34. The Morgan fingerprint density at radius 3 is 2.87 bits per heavy atom. The Balaban J connectivity index is 2.00. The Morgan fingerprint density at radius 2 is 2.20 bits per heavy atom. The first-order valence-electron chi connectivity index (χ1n) is 5.52. The maximum absolute atomic E-state index is 11.3. The molecular weight excluding hydrogens is 212 g/mol. The predicted molar refractivity (Wildman–Crippen MR) is 57.2 cm³/mol. The molecule has 1 fully saturated rings. The monoisotopic (exact) mass is 224 g/mol. The SMILES string of the molecule is O=C1CCn2c(nc(C3CCC3)c2Cl)C1. The lowest BCUT2D eigenvalue weighted by molar-refractivity contribution is -0.119. The molecular formula is C11H13ClN2O. The first kappa shape index (κ1) is 9.40. The molecule has 15 heavy (non-hydrogen) atoms. The van der Waals surface area contributed by atoms with Gasteiger partial charge in [-0.15, -0.1) is 0 Å². The van der Waals surface area contributed by atoms with Gasteiger partial charge in [-0.3, -0.25) is 4.79 Å². The highest BCUT2D eigenvalue weighted by Crippen LogP contribution is 2.40. The Hall–Kier alpha value is -0.830. The average molecular weight is 225 g/mol. The molecule has 0 bridgehead atoms. The number of halogens is 1. The maximum atomic E-state index is 11.3. The summed E-state index contributed by atoms with van der Waals surface area (Å²) in [7, 11) is 0. The molecule has 1 aliphatic heterocycles. The summed E-state index contributed by atoms with van der Waals surface area (Å²) in [6.07, 6.45) is 4.75. The van der Waals surface area contributed by atoms with E-state index in [-0.39, 0.29) is 5.78 Å². The summed E-state index contributed by atoms with van der Waals surface area (Å²) < 4.78 is 2.01. The van der Waals surface area contributed by atoms with Gasteiger partial charge in [0, 0.05) is 18.9 Å². The summed E-state index contributed by atoms with van der Waals surface area (Å²) in [6.45, 7) is 0.715. The molecule has 3 nitrogen and oxygen atoms in total. The summed E-state index contributed by atoms with van der Waals surface area (Å²) in [6, 6.07) is 0. The molecule has 3 rings (SSSR count). The summed E-state index contributed by atoms with van der Waals surface area (Å²) in [5, 5.41) is 0.780. The second-order valence-electron chi connectivity index (χ2n) is 4.45. The molecule has 1 aromatic heterocycles. The van der Waals surface area contributed by atoms with Crippen LogP contribution >= 0.6 is 11.6 Å². The number of carbonyl (C=O) groups is 1. The zero-order valence-electron chi connectivity index (χ0n) is 8.50.